The van der Waals surface area contributed by atoms with E-state index in [0.717, 1.165) is 42.0 Å². The molecular weight excluding hydrogens is 380 g/mol. The zero-order chi connectivity index (χ0) is 20.5. The Morgan fingerprint density at radius 2 is 1.93 bits per heavy atom. The topological polar surface area (TPSA) is 69.5 Å². The van der Waals surface area contributed by atoms with Crippen LogP contribution in [0.5, 0.6) is 11.5 Å². The number of imidazole rings is 1. The van der Waals surface area contributed by atoms with Gasteiger partial charge in [-0.05, 0) is 56.0 Å². The summed E-state index contributed by atoms with van der Waals surface area (Å²) in [5.74, 6) is 1.97. The number of likely N-dealkylation sites (tertiary alicyclic amines) is 1. The monoisotopic (exact) mass is 406 g/mol. The zero-order valence-corrected chi connectivity index (χ0v) is 17.2. The second-order valence-electron chi connectivity index (χ2n) is 8.20. The highest BCUT2D eigenvalue weighted by Gasteiger charge is 2.28. The minimum atomic E-state index is 0.0273. The van der Waals surface area contributed by atoms with Crippen LogP contribution in [0.2, 0.25) is 0 Å². The molecule has 0 N–H and O–H groups in total. The quantitative estimate of drug-likeness (QED) is 0.624. The highest BCUT2D eigenvalue weighted by molar-refractivity contribution is 5.96. The number of carbonyl (C=O) groups is 1. The number of rotatable bonds is 6. The number of hydrogen-bond donors (Lipinski definition) is 0. The summed E-state index contributed by atoms with van der Waals surface area (Å²) in [6.45, 7) is 2.06. The van der Waals surface area contributed by atoms with Crippen LogP contribution in [0, 0.1) is 5.92 Å². The first kappa shape index (κ1) is 18.9. The second-order valence-corrected chi connectivity index (χ2v) is 8.20. The Morgan fingerprint density at radius 3 is 2.70 bits per heavy atom. The molecule has 1 unspecified atom stereocenters. The third-order valence-electron chi connectivity index (χ3n) is 5.95. The second kappa shape index (κ2) is 7.97. The van der Waals surface area contributed by atoms with E-state index in [4.69, 9.17) is 9.47 Å². The molecule has 1 atom stereocenters. The van der Waals surface area contributed by atoms with Crippen LogP contribution in [0.3, 0.4) is 0 Å². The Labute approximate surface area is 175 Å². The summed E-state index contributed by atoms with van der Waals surface area (Å²) in [5, 5.41) is 0. The van der Waals surface area contributed by atoms with Gasteiger partial charge in [-0.3, -0.25) is 4.79 Å². The van der Waals surface area contributed by atoms with Gasteiger partial charge >= 0.3 is 0 Å². The fourth-order valence-corrected chi connectivity index (χ4v) is 4.11. The number of pyridine rings is 1. The van der Waals surface area contributed by atoms with E-state index < -0.39 is 0 Å². The maximum Gasteiger partial charge on any atom is 0.255 e. The van der Waals surface area contributed by atoms with E-state index >= 15 is 0 Å². The third kappa shape index (κ3) is 3.84. The van der Waals surface area contributed by atoms with Crippen LogP contribution in [0.15, 0.2) is 42.9 Å². The van der Waals surface area contributed by atoms with Gasteiger partial charge in [-0.15, -0.1) is 0 Å². The van der Waals surface area contributed by atoms with E-state index in [2.05, 4.69) is 14.5 Å². The van der Waals surface area contributed by atoms with Crippen molar-refractivity contribution in [2.75, 3.05) is 26.8 Å². The van der Waals surface area contributed by atoms with Crippen molar-refractivity contribution >= 4 is 17.1 Å². The number of benzene rings is 1. The first-order valence-corrected chi connectivity index (χ1v) is 10.6. The molecule has 5 rings (SSSR count). The molecule has 156 valence electrons. The molecule has 1 aliphatic heterocycles. The number of methoxy groups -OCH3 is 1. The molecule has 0 bridgehead atoms. The van der Waals surface area contributed by atoms with E-state index in [1.165, 1.54) is 12.8 Å². The van der Waals surface area contributed by atoms with Gasteiger partial charge in [0.15, 0.2) is 5.65 Å². The summed E-state index contributed by atoms with van der Waals surface area (Å²) in [6.07, 6.45) is 7.94. The van der Waals surface area contributed by atoms with Gasteiger partial charge in [-0.1, -0.05) is 0 Å². The molecule has 0 radical (unpaired) electrons. The normalized spacial score (nSPS) is 19.1. The van der Waals surface area contributed by atoms with Gasteiger partial charge in [0.25, 0.3) is 5.91 Å². The molecule has 3 heterocycles. The number of piperidine rings is 1. The Hall–Kier alpha value is -3.09. The maximum absolute atomic E-state index is 13.1. The van der Waals surface area contributed by atoms with Crippen molar-refractivity contribution in [3.8, 4) is 11.5 Å². The van der Waals surface area contributed by atoms with Gasteiger partial charge in [-0.2, -0.15) is 0 Å². The first-order chi connectivity index (χ1) is 14.7. The van der Waals surface area contributed by atoms with Crippen molar-refractivity contribution in [1.29, 1.82) is 0 Å². The zero-order valence-electron chi connectivity index (χ0n) is 17.2. The SMILES string of the molecule is COc1ccc(OCC2CCCN(C(=O)c3cnc4c(c3)ncn4C3CC3)C2)cc1. The molecule has 0 spiro atoms. The van der Waals surface area contributed by atoms with Crippen molar-refractivity contribution in [2.45, 2.75) is 31.7 Å². The smallest absolute Gasteiger partial charge is 0.255 e. The van der Waals surface area contributed by atoms with E-state index in [1.54, 1.807) is 13.3 Å². The van der Waals surface area contributed by atoms with Gasteiger partial charge < -0.3 is 18.9 Å². The Kier molecular flexibility index (Phi) is 5.02. The van der Waals surface area contributed by atoms with E-state index in [0.29, 0.717) is 30.7 Å². The van der Waals surface area contributed by atoms with Crippen LogP contribution < -0.4 is 9.47 Å². The summed E-state index contributed by atoms with van der Waals surface area (Å²) in [6, 6.07) is 10.00. The van der Waals surface area contributed by atoms with Crippen molar-refractivity contribution in [3.63, 3.8) is 0 Å². The molecule has 3 aromatic rings. The fourth-order valence-electron chi connectivity index (χ4n) is 4.11. The minimum absolute atomic E-state index is 0.0273. The summed E-state index contributed by atoms with van der Waals surface area (Å²) in [4.78, 5) is 24.0. The van der Waals surface area contributed by atoms with E-state index in [9.17, 15) is 4.79 Å². The lowest BCUT2D eigenvalue weighted by atomic mass is 9.98. The number of aromatic nitrogens is 3. The predicted octanol–water partition coefficient (Wildman–Crippen LogP) is 3.71. The van der Waals surface area contributed by atoms with Gasteiger partial charge in [0.1, 0.15) is 17.0 Å². The Morgan fingerprint density at radius 1 is 1.13 bits per heavy atom. The van der Waals surface area contributed by atoms with Crippen LogP contribution in [0.25, 0.3) is 11.2 Å². The Bertz CT molecular complexity index is 1040. The summed E-state index contributed by atoms with van der Waals surface area (Å²) in [7, 11) is 1.65. The van der Waals surface area contributed by atoms with Crippen LogP contribution in [-0.2, 0) is 0 Å². The largest absolute Gasteiger partial charge is 0.497 e. The maximum atomic E-state index is 13.1. The molecule has 1 aliphatic carbocycles. The van der Waals surface area contributed by atoms with Crippen LogP contribution >= 0.6 is 0 Å². The molecule has 7 heteroatoms. The molecule has 2 aromatic heterocycles. The molecule has 1 amide bonds. The molecule has 30 heavy (non-hydrogen) atoms. The highest BCUT2D eigenvalue weighted by atomic mass is 16.5. The van der Waals surface area contributed by atoms with Gasteiger partial charge in [0.2, 0.25) is 0 Å². The van der Waals surface area contributed by atoms with Gasteiger partial charge in [0.05, 0.1) is 25.6 Å². The first-order valence-electron chi connectivity index (χ1n) is 10.6. The minimum Gasteiger partial charge on any atom is -0.497 e. The fraction of sp³-hybridized carbons (Fsp3) is 0.435. The van der Waals surface area contributed by atoms with Crippen LogP contribution in [-0.4, -0.2) is 52.1 Å². The molecule has 1 saturated carbocycles. The molecule has 1 saturated heterocycles. The average molecular weight is 406 g/mol. The lowest BCUT2D eigenvalue weighted by molar-refractivity contribution is 0.0633. The number of amides is 1. The van der Waals surface area contributed by atoms with Crippen LogP contribution in [0.4, 0.5) is 0 Å². The average Bonchev–Trinajstić information content (AvgIpc) is 3.56. The van der Waals surface area contributed by atoms with E-state index in [1.807, 2.05) is 41.6 Å². The van der Waals surface area contributed by atoms with Gasteiger partial charge in [-0.25, -0.2) is 9.97 Å². The van der Waals surface area contributed by atoms with Crippen molar-refractivity contribution in [2.24, 2.45) is 5.92 Å². The summed E-state index contributed by atoms with van der Waals surface area (Å²) in [5.41, 5.74) is 2.28. The molecule has 7 nitrogen and oxygen atoms in total. The number of hydrogen-bond acceptors (Lipinski definition) is 5. The number of fused-ring (bicyclic) bond motifs is 1. The molecular formula is C23H26N4O3. The van der Waals surface area contributed by atoms with E-state index in [-0.39, 0.29) is 5.91 Å². The third-order valence-corrected chi connectivity index (χ3v) is 5.95. The summed E-state index contributed by atoms with van der Waals surface area (Å²) < 4.78 is 13.2. The van der Waals surface area contributed by atoms with Crippen molar-refractivity contribution in [3.05, 3.63) is 48.4 Å². The predicted molar refractivity (Wildman–Crippen MR) is 113 cm³/mol. The molecule has 2 fully saturated rings. The summed E-state index contributed by atoms with van der Waals surface area (Å²) >= 11 is 0. The lowest BCUT2D eigenvalue weighted by Gasteiger charge is -2.32. The van der Waals surface area contributed by atoms with Crippen molar-refractivity contribution in [1.82, 2.24) is 19.4 Å². The Balaban J connectivity index is 1.22. The van der Waals surface area contributed by atoms with Crippen molar-refractivity contribution < 1.29 is 14.3 Å². The number of nitrogens with zero attached hydrogens (tertiary/aromatic N) is 4. The highest BCUT2D eigenvalue weighted by Crippen LogP contribution is 2.36. The van der Waals surface area contributed by atoms with Gasteiger partial charge in [0, 0.05) is 31.2 Å². The lowest BCUT2D eigenvalue weighted by Crippen LogP contribution is -2.41. The standard InChI is InChI=1S/C23H26N4O3/c1-29-19-6-8-20(9-7-19)30-14-16-3-2-10-26(13-16)23(28)17-11-21-22(24-12-17)27(15-25-21)18-4-5-18/h6-9,11-12,15-16,18H,2-5,10,13-14H2,1H3. The molecule has 1 aromatic carbocycles. The number of carbonyl (C=O) groups excluding carboxylic acids is 1. The molecule has 2 aliphatic rings. The van der Waals surface area contributed by atoms with Crippen LogP contribution in [0.1, 0.15) is 42.1 Å². The number of ether oxygens (including phenoxy) is 2.